The van der Waals surface area contributed by atoms with Gasteiger partial charge in [-0.2, -0.15) is 5.10 Å². The van der Waals surface area contributed by atoms with Gasteiger partial charge in [-0.15, -0.1) is 11.3 Å². The second kappa shape index (κ2) is 11.1. The van der Waals surface area contributed by atoms with Crippen molar-refractivity contribution >= 4 is 34.3 Å². The lowest BCUT2D eigenvalue weighted by atomic mass is 10.2. The summed E-state index contributed by atoms with van der Waals surface area (Å²) in [7, 11) is 1.55. The summed E-state index contributed by atoms with van der Waals surface area (Å²) in [5.41, 5.74) is 7.57. The smallest absolute Gasteiger partial charge is 0.262 e. The van der Waals surface area contributed by atoms with Crippen LogP contribution in [0.5, 0.6) is 11.5 Å². The molecule has 4 rings (SSSR count). The SMILES string of the molecule is COc1cc(C=NNc2nc(-c3ccccc3)cs2)ccc1OCC(=O)Nc1ccc(C)cc1. The Balaban J connectivity index is 1.32. The van der Waals surface area contributed by atoms with E-state index in [1.54, 1.807) is 25.5 Å². The number of carbonyl (C=O) groups excluding carboxylic acids is 1. The third-order valence-electron chi connectivity index (χ3n) is 4.83. The van der Waals surface area contributed by atoms with Crippen LogP contribution in [0.3, 0.4) is 0 Å². The molecule has 1 aromatic heterocycles. The molecule has 0 aliphatic heterocycles. The van der Waals surface area contributed by atoms with E-state index >= 15 is 0 Å². The third-order valence-corrected chi connectivity index (χ3v) is 5.58. The Bertz CT molecular complexity index is 1270. The summed E-state index contributed by atoms with van der Waals surface area (Å²) < 4.78 is 11.1. The largest absolute Gasteiger partial charge is 0.493 e. The molecule has 0 unspecified atom stereocenters. The van der Waals surface area contributed by atoms with E-state index in [9.17, 15) is 4.79 Å². The Kier molecular flexibility index (Phi) is 7.52. The molecule has 2 N–H and O–H groups in total. The highest BCUT2D eigenvalue weighted by Gasteiger charge is 2.09. The maximum Gasteiger partial charge on any atom is 0.262 e. The number of carbonyl (C=O) groups is 1. The number of nitrogens with one attached hydrogen (secondary N) is 2. The number of thiazole rings is 1. The number of rotatable bonds is 9. The van der Waals surface area contributed by atoms with E-state index in [-0.39, 0.29) is 12.5 Å². The van der Waals surface area contributed by atoms with E-state index in [2.05, 4.69) is 20.8 Å². The van der Waals surface area contributed by atoms with Crippen LogP contribution in [0.25, 0.3) is 11.3 Å². The first kappa shape index (κ1) is 23.0. The first-order valence-corrected chi connectivity index (χ1v) is 11.5. The van der Waals surface area contributed by atoms with Gasteiger partial charge in [-0.25, -0.2) is 4.98 Å². The highest BCUT2D eigenvalue weighted by molar-refractivity contribution is 7.14. The van der Waals surface area contributed by atoms with E-state index < -0.39 is 0 Å². The van der Waals surface area contributed by atoms with Gasteiger partial charge in [0.05, 0.1) is 19.0 Å². The average Bonchev–Trinajstić information content (AvgIpc) is 3.34. The highest BCUT2D eigenvalue weighted by Crippen LogP contribution is 2.28. The Morgan fingerprint density at radius 2 is 1.85 bits per heavy atom. The van der Waals surface area contributed by atoms with Crippen LogP contribution in [-0.4, -0.2) is 30.8 Å². The fourth-order valence-corrected chi connectivity index (χ4v) is 3.76. The number of amides is 1. The normalized spacial score (nSPS) is 10.8. The zero-order chi connectivity index (χ0) is 23.8. The molecule has 0 bridgehead atoms. The summed E-state index contributed by atoms with van der Waals surface area (Å²) in [5, 5.41) is 9.75. The molecule has 0 atom stereocenters. The van der Waals surface area contributed by atoms with Crippen LogP contribution in [0, 0.1) is 6.92 Å². The summed E-state index contributed by atoms with van der Waals surface area (Å²) >= 11 is 1.48. The Morgan fingerprint density at radius 1 is 1.06 bits per heavy atom. The molecule has 172 valence electrons. The van der Waals surface area contributed by atoms with Crippen LogP contribution < -0.4 is 20.2 Å². The fourth-order valence-electron chi connectivity index (χ4n) is 3.09. The number of methoxy groups -OCH3 is 1. The van der Waals surface area contributed by atoms with Crippen LogP contribution >= 0.6 is 11.3 Å². The van der Waals surface area contributed by atoms with Gasteiger partial charge >= 0.3 is 0 Å². The molecule has 3 aromatic carbocycles. The molecule has 8 heteroatoms. The molecular weight excluding hydrogens is 448 g/mol. The number of benzene rings is 3. The van der Waals surface area contributed by atoms with E-state index in [0.29, 0.717) is 16.6 Å². The van der Waals surface area contributed by atoms with Crippen molar-refractivity contribution in [3.8, 4) is 22.8 Å². The number of nitrogens with zero attached hydrogens (tertiary/aromatic N) is 2. The Morgan fingerprint density at radius 3 is 2.62 bits per heavy atom. The van der Waals surface area contributed by atoms with Crippen molar-refractivity contribution in [3.05, 3.63) is 89.3 Å². The molecular formula is C26H24N4O3S. The fraction of sp³-hybridized carbons (Fsp3) is 0.115. The van der Waals surface area contributed by atoms with Crippen molar-refractivity contribution in [1.29, 1.82) is 0 Å². The summed E-state index contributed by atoms with van der Waals surface area (Å²) in [5.74, 6) is 0.728. The maximum absolute atomic E-state index is 12.2. The molecule has 1 amide bonds. The lowest BCUT2D eigenvalue weighted by molar-refractivity contribution is -0.118. The van der Waals surface area contributed by atoms with Gasteiger partial charge < -0.3 is 14.8 Å². The predicted octanol–water partition coefficient (Wildman–Crippen LogP) is 5.59. The van der Waals surface area contributed by atoms with Gasteiger partial charge in [-0.05, 0) is 42.8 Å². The number of hydrogen-bond donors (Lipinski definition) is 2. The number of aryl methyl sites for hydroxylation is 1. The highest BCUT2D eigenvalue weighted by atomic mass is 32.1. The van der Waals surface area contributed by atoms with Gasteiger partial charge in [-0.1, -0.05) is 48.0 Å². The van der Waals surface area contributed by atoms with Gasteiger partial charge in [-0.3, -0.25) is 10.2 Å². The molecule has 4 aromatic rings. The van der Waals surface area contributed by atoms with Crippen LogP contribution in [0.2, 0.25) is 0 Å². The minimum Gasteiger partial charge on any atom is -0.493 e. The lowest BCUT2D eigenvalue weighted by Crippen LogP contribution is -2.20. The second-order valence-corrected chi connectivity index (χ2v) is 8.25. The zero-order valence-electron chi connectivity index (χ0n) is 18.8. The molecule has 0 fully saturated rings. The van der Waals surface area contributed by atoms with Gasteiger partial charge in [0.25, 0.3) is 5.91 Å². The minimum atomic E-state index is -0.251. The molecule has 0 aliphatic carbocycles. The minimum absolute atomic E-state index is 0.132. The summed E-state index contributed by atoms with van der Waals surface area (Å²) in [6.07, 6.45) is 1.67. The standard InChI is InChI=1S/C26H24N4O3S/c1-18-8-11-21(12-9-18)28-25(31)16-33-23-13-10-19(14-24(23)32-2)15-27-30-26-29-22(17-34-26)20-6-4-3-5-7-20/h3-15,17H,16H2,1-2H3,(H,28,31)(H,29,30). The van der Waals surface area contributed by atoms with E-state index in [1.807, 2.05) is 73.0 Å². The zero-order valence-corrected chi connectivity index (χ0v) is 19.6. The van der Waals surface area contributed by atoms with Crippen molar-refractivity contribution in [3.63, 3.8) is 0 Å². The number of hydrazone groups is 1. The van der Waals surface area contributed by atoms with Crippen LogP contribution in [0.1, 0.15) is 11.1 Å². The Labute approximate surface area is 202 Å². The molecule has 0 saturated heterocycles. The Hall–Kier alpha value is -4.17. The van der Waals surface area contributed by atoms with Crippen molar-refractivity contribution in [2.24, 2.45) is 5.10 Å². The number of anilines is 2. The van der Waals surface area contributed by atoms with Gasteiger partial charge in [0, 0.05) is 16.6 Å². The van der Waals surface area contributed by atoms with Crippen molar-refractivity contribution in [2.45, 2.75) is 6.92 Å². The van der Waals surface area contributed by atoms with Crippen LogP contribution in [0.15, 0.2) is 83.3 Å². The average molecular weight is 473 g/mol. The van der Waals surface area contributed by atoms with Gasteiger partial charge in [0.1, 0.15) is 0 Å². The summed E-state index contributed by atoms with van der Waals surface area (Å²) in [6, 6.07) is 22.9. The number of ether oxygens (including phenoxy) is 2. The first-order chi connectivity index (χ1) is 16.6. The summed E-state index contributed by atoms with van der Waals surface area (Å²) in [4.78, 5) is 16.7. The summed E-state index contributed by atoms with van der Waals surface area (Å²) in [6.45, 7) is 1.86. The lowest BCUT2D eigenvalue weighted by Gasteiger charge is -2.11. The first-order valence-electron chi connectivity index (χ1n) is 10.6. The molecule has 7 nitrogen and oxygen atoms in total. The van der Waals surface area contributed by atoms with E-state index in [4.69, 9.17) is 9.47 Å². The molecule has 1 heterocycles. The monoisotopic (exact) mass is 472 g/mol. The third kappa shape index (κ3) is 6.20. The van der Waals surface area contributed by atoms with Crippen LogP contribution in [-0.2, 0) is 4.79 Å². The second-order valence-electron chi connectivity index (χ2n) is 7.39. The number of hydrogen-bond acceptors (Lipinski definition) is 7. The van der Waals surface area contributed by atoms with E-state index in [0.717, 1.165) is 28.1 Å². The molecule has 0 saturated carbocycles. The van der Waals surface area contributed by atoms with Crippen molar-refractivity contribution in [2.75, 3.05) is 24.5 Å². The van der Waals surface area contributed by atoms with Gasteiger partial charge in [0.2, 0.25) is 5.13 Å². The van der Waals surface area contributed by atoms with Crippen molar-refractivity contribution < 1.29 is 14.3 Å². The molecule has 34 heavy (non-hydrogen) atoms. The maximum atomic E-state index is 12.2. The molecule has 0 aliphatic rings. The van der Waals surface area contributed by atoms with Crippen LogP contribution in [0.4, 0.5) is 10.8 Å². The quantitative estimate of drug-likeness (QED) is 0.245. The van der Waals surface area contributed by atoms with Crippen molar-refractivity contribution in [1.82, 2.24) is 4.98 Å². The predicted molar refractivity (Wildman–Crippen MR) is 137 cm³/mol. The van der Waals surface area contributed by atoms with E-state index in [1.165, 1.54) is 11.3 Å². The molecule has 0 radical (unpaired) electrons. The van der Waals surface area contributed by atoms with Gasteiger partial charge in [0.15, 0.2) is 18.1 Å². The number of aromatic nitrogens is 1. The molecule has 0 spiro atoms. The topological polar surface area (TPSA) is 84.8 Å².